The number of hydrogen-bond donors (Lipinski definition) is 0. The molecule has 0 aromatic heterocycles. The van der Waals surface area contributed by atoms with Crippen LogP contribution in [0.15, 0.2) is 0 Å². The van der Waals surface area contributed by atoms with Crippen LogP contribution >= 0.6 is 17.2 Å². The Morgan fingerprint density at radius 1 is 1.08 bits per heavy atom. The summed E-state index contributed by atoms with van der Waals surface area (Å²) in [5.74, 6) is 0. The molecule has 0 aliphatic heterocycles. The van der Waals surface area contributed by atoms with Gasteiger partial charge in [-0.1, -0.05) is 40.0 Å². The maximum absolute atomic E-state index is 3.06. The third-order valence-corrected chi connectivity index (χ3v) is 6.80. The molecule has 0 fully saturated rings. The predicted octanol–water partition coefficient (Wildman–Crippen LogP) is 4.29. The van der Waals surface area contributed by atoms with E-state index in [-0.39, 0.29) is 0 Å². The highest BCUT2D eigenvalue weighted by Crippen LogP contribution is 2.46. The van der Waals surface area contributed by atoms with Crippen LogP contribution in [0, 0.1) is 0 Å². The predicted molar refractivity (Wildman–Crippen MR) is 65.6 cm³/mol. The topological polar surface area (TPSA) is 0 Å². The highest BCUT2D eigenvalue weighted by atomic mass is 31.2. The maximum atomic E-state index is 3.06. The average Bonchev–Trinajstić information content (AvgIpc) is 2.07. The molecule has 0 N–H and O–H groups in total. The van der Waals surface area contributed by atoms with Crippen molar-refractivity contribution < 1.29 is 0 Å². The van der Waals surface area contributed by atoms with Crippen molar-refractivity contribution in [2.24, 2.45) is 0 Å². The number of hydrogen-bond acceptors (Lipinski definition) is 0. The van der Waals surface area contributed by atoms with Crippen LogP contribution in [-0.4, -0.2) is 17.7 Å². The highest BCUT2D eigenvalue weighted by Gasteiger charge is 2.11. The highest BCUT2D eigenvalue weighted by molar-refractivity contribution is 7.65. The van der Waals surface area contributed by atoms with Gasteiger partial charge in [0.15, 0.2) is 0 Å². The van der Waals surface area contributed by atoms with E-state index in [1.54, 1.807) is 0 Å². The van der Waals surface area contributed by atoms with Gasteiger partial charge in [0.25, 0.3) is 0 Å². The van der Waals surface area contributed by atoms with Gasteiger partial charge < -0.3 is 0 Å². The van der Waals surface area contributed by atoms with Gasteiger partial charge in [0, 0.05) is 0 Å². The van der Waals surface area contributed by atoms with E-state index in [2.05, 4.69) is 30.0 Å². The van der Waals surface area contributed by atoms with E-state index in [0.29, 0.717) is 7.92 Å². The SMILES string of the molecule is CCCCCC(P)P(CC)CC. The second-order valence-electron chi connectivity index (χ2n) is 3.28. The Balaban J connectivity index is 3.47. The van der Waals surface area contributed by atoms with E-state index in [0.717, 1.165) is 5.40 Å². The van der Waals surface area contributed by atoms with Crippen LogP contribution in [0.2, 0.25) is 0 Å². The monoisotopic (exact) mass is 206 g/mol. The smallest absolute Gasteiger partial charge is 0.00623 e. The van der Waals surface area contributed by atoms with Crippen molar-refractivity contribution in [3.05, 3.63) is 0 Å². The summed E-state index contributed by atoms with van der Waals surface area (Å²) in [7, 11) is 3.39. The molecule has 0 aliphatic carbocycles. The molecular formula is C10H24P2. The molecule has 0 bridgehead atoms. The maximum Gasteiger partial charge on any atom is -0.00623 e. The van der Waals surface area contributed by atoms with Gasteiger partial charge in [-0.3, -0.25) is 0 Å². The summed E-state index contributed by atoms with van der Waals surface area (Å²) in [5.41, 5.74) is 0. The molecule has 0 aliphatic rings. The molecule has 0 spiro atoms. The fraction of sp³-hybridized carbons (Fsp3) is 1.00. The van der Waals surface area contributed by atoms with Gasteiger partial charge in [-0.15, -0.1) is 17.2 Å². The summed E-state index contributed by atoms with van der Waals surface area (Å²) >= 11 is 0. The summed E-state index contributed by atoms with van der Waals surface area (Å²) in [6.07, 6.45) is 8.46. The lowest BCUT2D eigenvalue weighted by Gasteiger charge is -2.21. The lowest BCUT2D eigenvalue weighted by atomic mass is 10.2. The van der Waals surface area contributed by atoms with E-state index < -0.39 is 0 Å². The third-order valence-electron chi connectivity index (χ3n) is 2.38. The molecule has 0 aromatic rings. The first kappa shape index (κ1) is 12.9. The molecule has 0 amide bonds. The normalized spacial score (nSPS) is 13.8. The second kappa shape index (κ2) is 8.46. The van der Waals surface area contributed by atoms with Crippen molar-refractivity contribution >= 4 is 17.2 Å². The molecule has 2 heteroatoms. The summed E-state index contributed by atoms with van der Waals surface area (Å²) in [6.45, 7) is 6.96. The Morgan fingerprint density at radius 2 is 1.67 bits per heavy atom. The molecule has 0 radical (unpaired) electrons. The van der Waals surface area contributed by atoms with Gasteiger partial charge in [-0.05, 0) is 24.1 Å². The minimum atomic E-state index is 0.329. The minimum absolute atomic E-state index is 0.329. The molecule has 0 saturated carbocycles. The van der Waals surface area contributed by atoms with Crippen LogP contribution in [0.1, 0.15) is 46.5 Å². The second-order valence-corrected chi connectivity index (χ2v) is 7.76. The van der Waals surface area contributed by atoms with Crippen LogP contribution < -0.4 is 0 Å². The van der Waals surface area contributed by atoms with Crippen molar-refractivity contribution in [3.8, 4) is 0 Å². The first-order valence-corrected chi connectivity index (χ1v) is 7.70. The summed E-state index contributed by atoms with van der Waals surface area (Å²) in [6, 6.07) is 0. The van der Waals surface area contributed by atoms with Crippen molar-refractivity contribution in [2.75, 3.05) is 12.3 Å². The zero-order chi connectivity index (χ0) is 9.40. The van der Waals surface area contributed by atoms with Crippen molar-refractivity contribution in [1.82, 2.24) is 0 Å². The van der Waals surface area contributed by atoms with Gasteiger partial charge in [-0.2, -0.15) is 0 Å². The van der Waals surface area contributed by atoms with Crippen LogP contribution in [0.4, 0.5) is 0 Å². The third kappa shape index (κ3) is 5.50. The zero-order valence-corrected chi connectivity index (χ0v) is 10.9. The van der Waals surface area contributed by atoms with E-state index in [1.165, 1.54) is 38.0 Å². The quantitative estimate of drug-likeness (QED) is 0.430. The summed E-state index contributed by atoms with van der Waals surface area (Å²) < 4.78 is 0. The zero-order valence-electron chi connectivity index (χ0n) is 8.84. The fourth-order valence-electron chi connectivity index (χ4n) is 1.48. The largest absolute Gasteiger partial charge is 0.130 e. The summed E-state index contributed by atoms with van der Waals surface area (Å²) in [4.78, 5) is 0. The number of unbranched alkanes of at least 4 members (excludes halogenated alkanes) is 2. The standard InChI is InChI=1S/C10H24P2/c1-4-7-8-9-10(11)12(5-2)6-3/h10H,4-9,11H2,1-3H3. The first-order valence-electron chi connectivity index (χ1n) is 5.25. The molecule has 12 heavy (non-hydrogen) atoms. The van der Waals surface area contributed by atoms with Gasteiger partial charge in [0.1, 0.15) is 0 Å². The van der Waals surface area contributed by atoms with E-state index >= 15 is 0 Å². The minimum Gasteiger partial charge on any atom is -0.130 e. The van der Waals surface area contributed by atoms with E-state index in [4.69, 9.17) is 0 Å². The molecule has 0 aromatic carbocycles. The van der Waals surface area contributed by atoms with Crippen molar-refractivity contribution in [3.63, 3.8) is 0 Å². The van der Waals surface area contributed by atoms with Crippen LogP contribution in [0.25, 0.3) is 0 Å². The molecular weight excluding hydrogens is 182 g/mol. The Kier molecular flexibility index (Phi) is 9.06. The van der Waals surface area contributed by atoms with Crippen molar-refractivity contribution in [2.45, 2.75) is 51.9 Å². The average molecular weight is 206 g/mol. The molecule has 0 nitrogen and oxygen atoms in total. The van der Waals surface area contributed by atoms with Crippen molar-refractivity contribution in [1.29, 1.82) is 0 Å². The Labute approximate surface area is 81.9 Å². The van der Waals surface area contributed by atoms with E-state index in [1.807, 2.05) is 0 Å². The molecule has 0 saturated heterocycles. The van der Waals surface area contributed by atoms with E-state index in [9.17, 15) is 0 Å². The molecule has 2 unspecified atom stereocenters. The van der Waals surface area contributed by atoms with Gasteiger partial charge in [0.2, 0.25) is 0 Å². The Hall–Kier alpha value is 0.860. The van der Waals surface area contributed by atoms with Gasteiger partial charge in [-0.25, -0.2) is 0 Å². The van der Waals surface area contributed by atoms with Gasteiger partial charge >= 0.3 is 0 Å². The van der Waals surface area contributed by atoms with Crippen LogP contribution in [0.5, 0.6) is 0 Å². The Morgan fingerprint density at radius 3 is 2.08 bits per heavy atom. The van der Waals surface area contributed by atoms with Gasteiger partial charge in [0.05, 0.1) is 0 Å². The number of rotatable bonds is 7. The lowest BCUT2D eigenvalue weighted by Crippen LogP contribution is -1.99. The molecule has 0 rings (SSSR count). The molecule has 0 heterocycles. The molecule has 74 valence electrons. The lowest BCUT2D eigenvalue weighted by molar-refractivity contribution is 0.694. The Bertz CT molecular complexity index is 89.8. The fourth-order valence-corrected chi connectivity index (χ4v) is 4.91. The van der Waals surface area contributed by atoms with Crippen LogP contribution in [0.3, 0.4) is 0 Å². The van der Waals surface area contributed by atoms with Crippen LogP contribution in [-0.2, 0) is 0 Å². The summed E-state index contributed by atoms with van der Waals surface area (Å²) in [5, 5.41) is 0.932. The molecule has 2 atom stereocenters. The first-order chi connectivity index (χ1) is 5.76.